The van der Waals surface area contributed by atoms with Gasteiger partial charge in [-0.2, -0.15) is 44.8 Å². The van der Waals surface area contributed by atoms with Crippen molar-refractivity contribution >= 4 is 23.3 Å². The third-order valence-corrected chi connectivity index (χ3v) is 6.22. The van der Waals surface area contributed by atoms with Gasteiger partial charge >= 0.3 is 24.5 Å². The Morgan fingerprint density at radius 3 is 2.20 bits per heavy atom. The van der Waals surface area contributed by atoms with E-state index < -0.39 is 54.5 Å². The Labute approximate surface area is 243 Å². The van der Waals surface area contributed by atoms with Crippen molar-refractivity contribution in [3.63, 3.8) is 0 Å². The number of hydrogen-bond donors (Lipinski definition) is 3. The van der Waals surface area contributed by atoms with E-state index in [1.54, 1.807) is 12.1 Å². The Balaban J connectivity index is 0.000000676. The summed E-state index contributed by atoms with van der Waals surface area (Å²) in [6.07, 6.45) is -16.8. The lowest BCUT2D eigenvalue weighted by molar-refractivity contribution is -0.215. The zero-order chi connectivity index (χ0) is 32.9. The maximum absolute atomic E-state index is 13.7. The van der Waals surface area contributed by atoms with Gasteiger partial charge in [-0.15, -0.1) is 0 Å². The minimum Gasteiger partial charge on any atom is -0.491 e. The number of ether oxygens (including phenoxy) is 2. The molecule has 3 N–H and O–H groups in total. The average Bonchev–Trinajstić information content (AvgIpc) is 3.63. The fraction of sp³-hybridized carbons (Fsp3) is 0.423. The molecule has 1 unspecified atom stereocenters. The lowest BCUT2D eigenvalue weighted by Gasteiger charge is -2.27. The zero-order valence-electron chi connectivity index (χ0n) is 22.2. The molecule has 2 aliphatic heterocycles. The van der Waals surface area contributed by atoms with Gasteiger partial charge in [0.15, 0.2) is 0 Å². The van der Waals surface area contributed by atoms with Crippen LogP contribution in [0.1, 0.15) is 24.0 Å². The zero-order valence-corrected chi connectivity index (χ0v) is 22.2. The molecule has 0 bridgehead atoms. The number of carboxylic acids is 1. The van der Waals surface area contributed by atoms with E-state index in [4.69, 9.17) is 24.6 Å². The topological polar surface area (TPSA) is 124 Å². The van der Waals surface area contributed by atoms with Gasteiger partial charge in [-0.1, -0.05) is 0 Å². The summed E-state index contributed by atoms with van der Waals surface area (Å²) < 4.78 is 123. The fourth-order valence-corrected chi connectivity index (χ4v) is 4.20. The van der Waals surface area contributed by atoms with E-state index in [-0.39, 0.29) is 24.2 Å². The van der Waals surface area contributed by atoms with Crippen LogP contribution in [0.5, 0.6) is 5.75 Å². The molecule has 2 saturated heterocycles. The Bertz CT molecular complexity index is 1350. The van der Waals surface area contributed by atoms with Crippen LogP contribution in [0.4, 0.5) is 50.9 Å². The summed E-state index contributed by atoms with van der Waals surface area (Å²) in [5, 5.41) is 21.9. The number of benzene rings is 2. The van der Waals surface area contributed by atoms with E-state index in [2.05, 4.69) is 10.6 Å². The number of nitrogens with zero attached hydrogens (tertiary/aromatic N) is 2. The van der Waals surface area contributed by atoms with Crippen LogP contribution in [0, 0.1) is 11.3 Å². The first kappa shape index (κ1) is 34.3. The lowest BCUT2D eigenvalue weighted by atomic mass is 10.1. The van der Waals surface area contributed by atoms with Crippen LogP contribution in [0.3, 0.4) is 0 Å². The van der Waals surface area contributed by atoms with Crippen molar-refractivity contribution in [1.29, 1.82) is 5.26 Å². The second-order valence-electron chi connectivity index (χ2n) is 9.42. The van der Waals surface area contributed by atoms with Crippen molar-refractivity contribution < 1.29 is 63.7 Å². The monoisotopic (exact) mass is 642 g/mol. The summed E-state index contributed by atoms with van der Waals surface area (Å²) in [5.74, 6) is -2.62. The standard InChI is InChI=1S/C24H22F6N4O3.C2HF3O2/c25-23(26,27)19-10-16(6-3-14(19)11-31)34-12-18(37-22(34)24(28,29)30)13-36-17-7-4-15(5-8-17)33-21(35)20-2-1-9-32-20;3-2(4,5)1(6)7/h3-8,10,18,20,22,32H,1-2,9,12-13H2,(H,33,35);(H,6,7)/t18-,20?,22+;/m0./s1. The van der Waals surface area contributed by atoms with Gasteiger partial charge in [-0.05, 0) is 61.9 Å². The van der Waals surface area contributed by atoms with Gasteiger partial charge in [0.2, 0.25) is 12.1 Å². The van der Waals surface area contributed by atoms with E-state index in [0.29, 0.717) is 22.4 Å². The number of alkyl halides is 9. The molecule has 0 aliphatic carbocycles. The summed E-state index contributed by atoms with van der Waals surface area (Å²) in [6.45, 7) is 0.0779. The number of hydrogen-bond acceptors (Lipinski definition) is 7. The maximum Gasteiger partial charge on any atom is 0.490 e. The predicted octanol–water partition coefficient (Wildman–Crippen LogP) is 5.07. The van der Waals surface area contributed by atoms with Crippen LogP contribution in [0.25, 0.3) is 0 Å². The lowest BCUT2D eigenvalue weighted by Crippen LogP contribution is -2.42. The van der Waals surface area contributed by atoms with Gasteiger partial charge in [-0.3, -0.25) is 4.79 Å². The molecular formula is C26H23F9N4O5. The first-order valence-corrected chi connectivity index (χ1v) is 12.6. The third kappa shape index (κ3) is 9.13. The van der Waals surface area contributed by atoms with Crippen molar-refractivity contribution in [1.82, 2.24) is 5.32 Å². The Morgan fingerprint density at radius 2 is 1.70 bits per heavy atom. The molecule has 3 atom stereocenters. The second-order valence-corrected chi connectivity index (χ2v) is 9.42. The average molecular weight is 642 g/mol. The van der Waals surface area contributed by atoms with Gasteiger partial charge in [0.05, 0.1) is 29.8 Å². The van der Waals surface area contributed by atoms with Crippen LogP contribution in [0.2, 0.25) is 0 Å². The molecule has 2 aromatic rings. The minimum atomic E-state index is -5.08. The molecular weight excluding hydrogens is 619 g/mol. The molecule has 240 valence electrons. The van der Waals surface area contributed by atoms with Gasteiger partial charge in [0.25, 0.3) is 0 Å². The molecule has 2 aromatic carbocycles. The third-order valence-electron chi connectivity index (χ3n) is 6.22. The van der Waals surface area contributed by atoms with Crippen molar-refractivity contribution in [2.24, 2.45) is 0 Å². The number of aliphatic carboxylic acids is 1. The summed E-state index contributed by atoms with van der Waals surface area (Å²) in [5.41, 5.74) is -1.89. The molecule has 18 heteroatoms. The van der Waals surface area contributed by atoms with Crippen molar-refractivity contribution in [3.05, 3.63) is 53.6 Å². The molecule has 0 radical (unpaired) electrons. The van der Waals surface area contributed by atoms with Crippen LogP contribution >= 0.6 is 0 Å². The summed E-state index contributed by atoms with van der Waals surface area (Å²) in [7, 11) is 0. The number of carbonyl (C=O) groups excluding carboxylic acids is 1. The molecule has 9 nitrogen and oxygen atoms in total. The van der Waals surface area contributed by atoms with Crippen LogP contribution in [-0.4, -0.2) is 67.4 Å². The number of carbonyl (C=O) groups is 2. The highest BCUT2D eigenvalue weighted by molar-refractivity contribution is 5.95. The largest absolute Gasteiger partial charge is 0.491 e. The van der Waals surface area contributed by atoms with E-state index in [9.17, 15) is 44.3 Å². The van der Waals surface area contributed by atoms with Crippen molar-refractivity contribution in [2.45, 2.75) is 49.7 Å². The Hall–Kier alpha value is -4.24. The van der Waals surface area contributed by atoms with Crippen molar-refractivity contribution in [3.8, 4) is 11.8 Å². The molecule has 0 spiro atoms. The number of rotatable bonds is 6. The maximum atomic E-state index is 13.7. The van der Waals surface area contributed by atoms with Gasteiger partial charge in [-0.25, -0.2) is 4.79 Å². The molecule has 2 aliphatic rings. The van der Waals surface area contributed by atoms with Gasteiger partial charge < -0.3 is 30.1 Å². The Kier molecular flexibility index (Phi) is 10.6. The second kappa shape index (κ2) is 13.6. The molecule has 0 saturated carbocycles. The number of nitrogens with one attached hydrogen (secondary N) is 2. The van der Waals surface area contributed by atoms with Crippen LogP contribution < -0.4 is 20.3 Å². The smallest absolute Gasteiger partial charge is 0.490 e. The van der Waals surface area contributed by atoms with Crippen LogP contribution in [-0.2, 0) is 20.5 Å². The van der Waals surface area contributed by atoms with E-state index in [1.165, 1.54) is 18.2 Å². The molecule has 2 fully saturated rings. The molecule has 1 amide bonds. The highest BCUT2D eigenvalue weighted by Crippen LogP contribution is 2.39. The van der Waals surface area contributed by atoms with Gasteiger partial charge in [0.1, 0.15) is 18.5 Å². The van der Waals surface area contributed by atoms with Crippen molar-refractivity contribution in [2.75, 3.05) is 29.9 Å². The molecule has 0 aromatic heterocycles. The molecule has 4 rings (SSSR count). The number of carboxylic acid groups (broad SMARTS) is 1. The first-order chi connectivity index (χ1) is 20.4. The number of halogens is 9. The minimum absolute atomic E-state index is 0.166. The highest BCUT2D eigenvalue weighted by Gasteiger charge is 2.51. The Morgan fingerprint density at radius 1 is 1.07 bits per heavy atom. The van der Waals surface area contributed by atoms with E-state index >= 15 is 0 Å². The summed E-state index contributed by atoms with van der Waals surface area (Å²) in [6, 6.07) is 9.72. The summed E-state index contributed by atoms with van der Waals surface area (Å²) in [4.78, 5) is 21.7. The number of anilines is 2. The van der Waals surface area contributed by atoms with Gasteiger partial charge in [0, 0.05) is 11.4 Å². The fourth-order valence-electron chi connectivity index (χ4n) is 4.20. The normalized spacial score (nSPS) is 20.4. The van der Waals surface area contributed by atoms with E-state index in [0.717, 1.165) is 31.5 Å². The predicted molar refractivity (Wildman–Crippen MR) is 134 cm³/mol. The first-order valence-electron chi connectivity index (χ1n) is 12.6. The number of amides is 1. The van der Waals surface area contributed by atoms with E-state index in [1.807, 2.05) is 0 Å². The number of nitriles is 1. The highest BCUT2D eigenvalue weighted by atomic mass is 19.4. The van der Waals surface area contributed by atoms with Crippen LogP contribution in [0.15, 0.2) is 42.5 Å². The molecule has 2 heterocycles. The SMILES string of the molecule is N#Cc1ccc(N2C[C@@H](COc3ccc(NC(=O)C4CCCN4)cc3)O[C@@H]2C(F)(F)F)cc1C(F)(F)F.O=C(O)C(F)(F)F. The molecule has 44 heavy (non-hydrogen) atoms. The summed E-state index contributed by atoms with van der Waals surface area (Å²) >= 11 is 0. The quantitative estimate of drug-likeness (QED) is 0.374.